The van der Waals surface area contributed by atoms with Gasteiger partial charge in [-0.2, -0.15) is 5.10 Å². The van der Waals surface area contributed by atoms with Crippen LogP contribution in [0.2, 0.25) is 0 Å². The van der Waals surface area contributed by atoms with E-state index < -0.39 is 6.10 Å². The van der Waals surface area contributed by atoms with Crippen LogP contribution in [0.5, 0.6) is 0 Å². The molecule has 0 bridgehead atoms. The number of nitrogens with zero attached hydrogens (tertiary/aromatic N) is 3. The minimum atomic E-state index is -0.456. The molecule has 6 nitrogen and oxygen atoms in total. The van der Waals surface area contributed by atoms with Gasteiger partial charge in [-0.05, 0) is 73.6 Å². The van der Waals surface area contributed by atoms with Gasteiger partial charge in [0.15, 0.2) is 0 Å². The molecular formula is C22H24N4O2. The van der Waals surface area contributed by atoms with Gasteiger partial charge in [0.1, 0.15) is 5.69 Å². The van der Waals surface area contributed by atoms with Crippen molar-refractivity contribution in [2.45, 2.75) is 44.8 Å². The second-order valence-corrected chi connectivity index (χ2v) is 7.37. The van der Waals surface area contributed by atoms with Gasteiger partial charge in [-0.1, -0.05) is 12.1 Å². The lowest BCUT2D eigenvalue weighted by atomic mass is 10.0. The summed E-state index contributed by atoms with van der Waals surface area (Å²) in [6.07, 6.45) is 8.17. The van der Waals surface area contributed by atoms with Crippen LogP contribution < -0.4 is 5.32 Å². The fourth-order valence-electron chi connectivity index (χ4n) is 3.64. The molecule has 0 spiro atoms. The van der Waals surface area contributed by atoms with E-state index in [1.165, 1.54) is 0 Å². The summed E-state index contributed by atoms with van der Waals surface area (Å²) in [5.74, 6) is -0.221. The van der Waals surface area contributed by atoms with Crippen LogP contribution >= 0.6 is 0 Å². The predicted octanol–water partition coefficient (Wildman–Crippen LogP) is 2.81. The number of carbonyl (C=O) groups excluding carboxylic acids is 1. The lowest BCUT2D eigenvalue weighted by Crippen LogP contribution is -2.40. The number of amides is 1. The van der Waals surface area contributed by atoms with E-state index in [9.17, 15) is 9.90 Å². The average Bonchev–Trinajstić information content (AvgIpc) is 3.37. The van der Waals surface area contributed by atoms with Crippen LogP contribution in [-0.4, -0.2) is 37.9 Å². The largest absolute Gasteiger partial charge is 0.391 e. The number of hydrogen-bond acceptors (Lipinski definition) is 4. The van der Waals surface area contributed by atoms with Crippen molar-refractivity contribution in [2.75, 3.05) is 0 Å². The summed E-state index contributed by atoms with van der Waals surface area (Å²) in [7, 11) is 0. The van der Waals surface area contributed by atoms with Gasteiger partial charge in [0.25, 0.3) is 5.91 Å². The van der Waals surface area contributed by atoms with E-state index in [-0.39, 0.29) is 11.9 Å². The first-order valence-corrected chi connectivity index (χ1v) is 9.63. The van der Waals surface area contributed by atoms with Gasteiger partial charge >= 0.3 is 0 Å². The zero-order chi connectivity index (χ0) is 19.5. The highest BCUT2D eigenvalue weighted by Crippen LogP contribution is 2.20. The normalized spacial score (nSPS) is 18.9. The third kappa shape index (κ3) is 3.97. The van der Waals surface area contributed by atoms with E-state index in [2.05, 4.69) is 27.5 Å². The zero-order valence-corrected chi connectivity index (χ0v) is 15.9. The second kappa shape index (κ2) is 7.94. The molecule has 28 heavy (non-hydrogen) atoms. The molecule has 3 aromatic rings. The molecule has 0 saturated heterocycles. The third-order valence-corrected chi connectivity index (χ3v) is 5.34. The Hall–Kier alpha value is -2.99. The summed E-state index contributed by atoms with van der Waals surface area (Å²) >= 11 is 0. The summed E-state index contributed by atoms with van der Waals surface area (Å²) in [5, 5.41) is 17.1. The van der Waals surface area contributed by atoms with Crippen LogP contribution in [0.15, 0.2) is 55.0 Å². The molecule has 0 radical (unpaired) electrons. The van der Waals surface area contributed by atoms with Crippen LogP contribution in [0.3, 0.4) is 0 Å². The van der Waals surface area contributed by atoms with Crippen molar-refractivity contribution in [3.8, 4) is 5.69 Å². The highest BCUT2D eigenvalue weighted by Gasteiger charge is 2.27. The predicted molar refractivity (Wildman–Crippen MR) is 106 cm³/mol. The second-order valence-electron chi connectivity index (χ2n) is 7.37. The Labute approximate surface area is 164 Å². The van der Waals surface area contributed by atoms with Gasteiger partial charge in [-0.25, -0.2) is 4.68 Å². The van der Waals surface area contributed by atoms with Crippen LogP contribution in [-0.2, 0) is 6.42 Å². The molecule has 1 aliphatic carbocycles. The number of hydrogen-bond donors (Lipinski definition) is 2. The Morgan fingerprint density at radius 1 is 1.29 bits per heavy atom. The van der Waals surface area contributed by atoms with E-state index in [0.717, 1.165) is 48.1 Å². The fourth-order valence-corrected chi connectivity index (χ4v) is 3.64. The third-order valence-electron chi connectivity index (χ3n) is 5.34. The molecule has 2 N–H and O–H groups in total. The van der Waals surface area contributed by atoms with Crippen molar-refractivity contribution < 1.29 is 9.90 Å². The Morgan fingerprint density at radius 2 is 2.11 bits per heavy atom. The van der Waals surface area contributed by atoms with Crippen LogP contribution in [0.1, 0.15) is 46.4 Å². The minimum Gasteiger partial charge on any atom is -0.391 e. The first kappa shape index (κ1) is 18.4. The van der Waals surface area contributed by atoms with Gasteiger partial charge in [0.2, 0.25) is 0 Å². The Morgan fingerprint density at radius 3 is 2.79 bits per heavy atom. The first-order chi connectivity index (χ1) is 13.6. The molecule has 2 aromatic heterocycles. The number of benzene rings is 1. The topological polar surface area (TPSA) is 80.0 Å². The van der Waals surface area contributed by atoms with Crippen molar-refractivity contribution >= 4 is 5.91 Å². The van der Waals surface area contributed by atoms with Gasteiger partial charge in [-0.3, -0.25) is 9.78 Å². The molecule has 1 aliphatic rings. The molecule has 0 aliphatic heterocycles. The molecule has 1 aromatic carbocycles. The molecule has 1 amide bonds. The smallest absolute Gasteiger partial charge is 0.270 e. The standard InChI is InChI=1S/C22H24N4O2/c1-15-14-23-20(22(28)25-19-4-2-5-21(19)27)13-17(15)12-16-6-8-18(9-7-16)26-11-3-10-24-26/h3,6-11,13-14,19,21,27H,2,4-5,12H2,1H3,(H,25,28)/t19?,21-/m0/s1. The van der Waals surface area contributed by atoms with E-state index in [0.29, 0.717) is 5.69 Å². The molecule has 4 rings (SSSR count). The molecule has 1 saturated carbocycles. The number of aliphatic hydroxyl groups is 1. The Balaban J connectivity index is 1.48. The number of aromatic nitrogens is 3. The maximum Gasteiger partial charge on any atom is 0.270 e. The van der Waals surface area contributed by atoms with E-state index >= 15 is 0 Å². The first-order valence-electron chi connectivity index (χ1n) is 9.63. The Bertz CT molecular complexity index is 951. The van der Waals surface area contributed by atoms with Gasteiger partial charge in [0, 0.05) is 18.6 Å². The van der Waals surface area contributed by atoms with Crippen molar-refractivity contribution in [3.63, 3.8) is 0 Å². The van der Waals surface area contributed by atoms with Crippen LogP contribution in [0, 0.1) is 6.92 Å². The summed E-state index contributed by atoms with van der Waals surface area (Å²) in [6.45, 7) is 2.00. The number of carbonyl (C=O) groups is 1. The van der Waals surface area contributed by atoms with Crippen molar-refractivity contribution in [1.82, 2.24) is 20.1 Å². The molecule has 1 unspecified atom stereocenters. The molecule has 2 heterocycles. The summed E-state index contributed by atoms with van der Waals surface area (Å²) in [4.78, 5) is 16.8. The van der Waals surface area contributed by atoms with Gasteiger partial charge in [0.05, 0.1) is 17.8 Å². The van der Waals surface area contributed by atoms with Crippen LogP contribution in [0.4, 0.5) is 0 Å². The SMILES string of the molecule is Cc1cnc(C(=O)NC2CCC[C@@H]2O)cc1Cc1ccc(-n2cccn2)cc1. The quantitative estimate of drug-likeness (QED) is 0.718. The lowest BCUT2D eigenvalue weighted by Gasteiger charge is -2.16. The number of rotatable bonds is 5. The minimum absolute atomic E-state index is 0.172. The Kier molecular flexibility index (Phi) is 5.21. The van der Waals surface area contributed by atoms with Gasteiger partial charge in [-0.15, -0.1) is 0 Å². The van der Waals surface area contributed by atoms with Crippen molar-refractivity contribution in [3.05, 3.63) is 77.4 Å². The van der Waals surface area contributed by atoms with Gasteiger partial charge < -0.3 is 10.4 Å². The number of aryl methyl sites for hydroxylation is 1. The maximum absolute atomic E-state index is 12.5. The number of pyridine rings is 1. The fraction of sp³-hybridized carbons (Fsp3) is 0.318. The highest BCUT2D eigenvalue weighted by molar-refractivity contribution is 5.92. The van der Waals surface area contributed by atoms with Crippen molar-refractivity contribution in [1.29, 1.82) is 0 Å². The van der Waals surface area contributed by atoms with Crippen LogP contribution in [0.25, 0.3) is 5.69 Å². The molecule has 144 valence electrons. The highest BCUT2D eigenvalue weighted by atomic mass is 16.3. The molecular weight excluding hydrogens is 352 g/mol. The molecule has 6 heteroatoms. The summed E-state index contributed by atoms with van der Waals surface area (Å²) < 4.78 is 1.82. The molecule has 2 atom stereocenters. The zero-order valence-electron chi connectivity index (χ0n) is 15.9. The van der Waals surface area contributed by atoms with E-state index in [1.54, 1.807) is 12.4 Å². The average molecular weight is 376 g/mol. The molecule has 1 fully saturated rings. The monoisotopic (exact) mass is 376 g/mol. The van der Waals surface area contributed by atoms with E-state index in [4.69, 9.17) is 0 Å². The lowest BCUT2D eigenvalue weighted by molar-refractivity contribution is 0.0868. The van der Waals surface area contributed by atoms with E-state index in [1.807, 2.05) is 42.1 Å². The summed E-state index contributed by atoms with van der Waals surface area (Å²) in [5.41, 5.74) is 4.68. The van der Waals surface area contributed by atoms with Crippen molar-refractivity contribution in [2.24, 2.45) is 0 Å². The maximum atomic E-state index is 12.5. The summed E-state index contributed by atoms with van der Waals surface area (Å²) in [6, 6.07) is 11.8. The number of aliphatic hydroxyl groups excluding tert-OH is 1. The number of nitrogens with one attached hydrogen (secondary N) is 1.